The largest absolute Gasteiger partial charge is 0.394 e. The molecule has 8 N–H and O–H groups in total. The van der Waals surface area contributed by atoms with Gasteiger partial charge >= 0.3 is 0 Å². The van der Waals surface area contributed by atoms with Gasteiger partial charge in [0.2, 0.25) is 0 Å². The molecule has 252 valence electrons. The lowest BCUT2D eigenvalue weighted by Crippen LogP contribution is -2.63. The van der Waals surface area contributed by atoms with E-state index in [1.54, 1.807) is 19.9 Å². The van der Waals surface area contributed by atoms with Crippen molar-refractivity contribution < 1.29 is 55.1 Å². The van der Waals surface area contributed by atoms with Gasteiger partial charge in [-0.1, -0.05) is 20.8 Å². The van der Waals surface area contributed by atoms with Gasteiger partial charge in [0.05, 0.1) is 36.1 Å². The quantitative estimate of drug-likeness (QED) is 0.187. The van der Waals surface area contributed by atoms with E-state index in [1.165, 1.54) is 0 Å². The molecule has 11 heteroatoms. The lowest BCUT2D eigenvalue weighted by molar-refractivity contribution is -0.322. The maximum Gasteiger partial charge on any atom is 0.187 e. The summed E-state index contributed by atoms with van der Waals surface area (Å²) in [7, 11) is 0. The molecule has 1 aliphatic heterocycles. The fraction of sp³-hybridized carbons (Fsp3) is 0.909. The number of hydrogen-bond donors (Lipinski definition) is 8. The summed E-state index contributed by atoms with van der Waals surface area (Å²) in [6, 6.07) is 0. The van der Waals surface area contributed by atoms with Crippen molar-refractivity contribution in [3.63, 3.8) is 0 Å². The summed E-state index contributed by atoms with van der Waals surface area (Å²) in [5, 5.41) is 85.3. The van der Waals surface area contributed by atoms with Crippen molar-refractivity contribution in [1.82, 2.24) is 0 Å². The molecule has 0 amide bonds. The fourth-order valence-corrected chi connectivity index (χ4v) is 9.77. The standard InChI is InChI=1S/C33H54O11/c1-16(21(35)8-9-30(2,3)41)17-7-11-33(42)19-12-22(36)20-13-24(43-29-28(40)27(39)26(38)25(15-34)44-29)23(37)14-31(20,4)18(19)6-10-32(17,33)5/h12,16-18,20-21,23-29,34-35,37-42H,6-11,13-15H2,1-5H3/t16-,17+,18-,20-,21?,23-,24+,25+,26+,27-,28+,29+,31+,32+,33+/m0/s1. The van der Waals surface area contributed by atoms with E-state index in [-0.39, 0.29) is 36.4 Å². The molecule has 4 fully saturated rings. The van der Waals surface area contributed by atoms with Crippen LogP contribution in [-0.4, -0.2) is 113 Å². The molecule has 0 aromatic rings. The number of carbonyl (C=O) groups excluding carboxylic acids is 1. The third-order valence-corrected chi connectivity index (χ3v) is 12.6. The highest BCUT2D eigenvalue weighted by molar-refractivity contribution is 5.95. The Hall–Kier alpha value is -0.990. The monoisotopic (exact) mass is 626 g/mol. The molecule has 5 aliphatic rings. The van der Waals surface area contributed by atoms with Crippen LogP contribution in [0.5, 0.6) is 0 Å². The first-order valence-electron chi connectivity index (χ1n) is 16.4. The zero-order chi connectivity index (χ0) is 32.6. The van der Waals surface area contributed by atoms with Crippen molar-refractivity contribution in [1.29, 1.82) is 0 Å². The number of ether oxygens (including phenoxy) is 2. The van der Waals surface area contributed by atoms with E-state index in [2.05, 4.69) is 6.92 Å². The molecule has 11 nitrogen and oxygen atoms in total. The van der Waals surface area contributed by atoms with Gasteiger partial charge in [-0.2, -0.15) is 0 Å². The molecule has 0 aromatic carbocycles. The first-order chi connectivity index (χ1) is 20.4. The van der Waals surface area contributed by atoms with Crippen LogP contribution in [0.3, 0.4) is 0 Å². The van der Waals surface area contributed by atoms with Crippen molar-refractivity contribution in [3.05, 3.63) is 11.6 Å². The topological polar surface area (TPSA) is 197 Å². The molecule has 0 spiro atoms. The number of fused-ring (bicyclic) bond motifs is 5. The predicted molar refractivity (Wildman–Crippen MR) is 158 cm³/mol. The number of hydrogen-bond acceptors (Lipinski definition) is 11. The average Bonchev–Trinajstić information content (AvgIpc) is 3.23. The molecule has 5 rings (SSSR count). The van der Waals surface area contributed by atoms with E-state index in [4.69, 9.17) is 9.47 Å². The lowest BCUT2D eigenvalue weighted by Gasteiger charge is -2.60. The molecule has 44 heavy (non-hydrogen) atoms. The number of allylic oxidation sites excluding steroid dienone is 1. The second-order valence-electron chi connectivity index (χ2n) is 15.7. The third kappa shape index (κ3) is 5.52. The minimum absolute atomic E-state index is 0.0278. The van der Waals surface area contributed by atoms with E-state index in [1.807, 2.05) is 13.8 Å². The maximum absolute atomic E-state index is 13.9. The van der Waals surface area contributed by atoms with Gasteiger partial charge in [-0.05, 0) is 100 Å². The summed E-state index contributed by atoms with van der Waals surface area (Å²) in [6.07, 6.45) is -4.33. The summed E-state index contributed by atoms with van der Waals surface area (Å²) in [5.41, 5.74) is -2.56. The van der Waals surface area contributed by atoms with Crippen molar-refractivity contribution in [2.75, 3.05) is 6.61 Å². The summed E-state index contributed by atoms with van der Waals surface area (Å²) in [5.74, 6) is -0.872. The van der Waals surface area contributed by atoms with Crippen molar-refractivity contribution in [2.24, 2.45) is 34.5 Å². The molecule has 4 aliphatic carbocycles. The normalized spacial score (nSPS) is 49.0. The predicted octanol–water partition coefficient (Wildman–Crippen LogP) is 0.563. The van der Waals surface area contributed by atoms with Gasteiger partial charge in [0, 0.05) is 11.3 Å². The number of ketones is 1. The Kier molecular flexibility index (Phi) is 9.30. The summed E-state index contributed by atoms with van der Waals surface area (Å²) in [4.78, 5) is 13.9. The van der Waals surface area contributed by atoms with Crippen molar-refractivity contribution in [3.8, 4) is 0 Å². The average molecular weight is 627 g/mol. The van der Waals surface area contributed by atoms with Crippen LogP contribution in [0.1, 0.15) is 86.0 Å². The highest BCUT2D eigenvalue weighted by Gasteiger charge is 2.67. The molecule has 0 bridgehead atoms. The number of carbonyl (C=O) groups is 1. The molecule has 1 saturated heterocycles. The zero-order valence-electron chi connectivity index (χ0n) is 26.7. The van der Waals surface area contributed by atoms with Gasteiger partial charge in [0.1, 0.15) is 24.4 Å². The first kappa shape index (κ1) is 34.3. The van der Waals surface area contributed by atoms with Gasteiger partial charge in [0.25, 0.3) is 0 Å². The van der Waals surface area contributed by atoms with Crippen LogP contribution in [0, 0.1) is 34.5 Å². The van der Waals surface area contributed by atoms with Crippen LogP contribution < -0.4 is 0 Å². The van der Waals surface area contributed by atoms with E-state index < -0.39 is 83.6 Å². The molecule has 1 heterocycles. The Bertz CT molecular complexity index is 1100. The van der Waals surface area contributed by atoms with E-state index >= 15 is 0 Å². The number of aliphatic hydroxyl groups excluding tert-OH is 6. The van der Waals surface area contributed by atoms with Gasteiger partial charge in [0.15, 0.2) is 12.1 Å². The Morgan fingerprint density at radius 2 is 1.75 bits per heavy atom. The number of rotatable bonds is 8. The van der Waals surface area contributed by atoms with Gasteiger partial charge < -0.3 is 50.3 Å². The molecule has 3 saturated carbocycles. The Morgan fingerprint density at radius 1 is 1.07 bits per heavy atom. The molecular formula is C33H54O11. The van der Waals surface area contributed by atoms with Crippen molar-refractivity contribution in [2.45, 2.75) is 146 Å². The minimum Gasteiger partial charge on any atom is -0.394 e. The molecule has 15 atom stereocenters. The molecule has 1 unspecified atom stereocenters. The maximum atomic E-state index is 13.9. The third-order valence-electron chi connectivity index (χ3n) is 12.6. The van der Waals surface area contributed by atoms with Crippen LogP contribution in [-0.2, 0) is 14.3 Å². The van der Waals surface area contributed by atoms with Gasteiger partial charge in [-0.15, -0.1) is 0 Å². The van der Waals surface area contributed by atoms with Gasteiger partial charge in [-0.3, -0.25) is 4.79 Å². The zero-order valence-corrected chi connectivity index (χ0v) is 26.7. The molecular weight excluding hydrogens is 572 g/mol. The lowest BCUT2D eigenvalue weighted by atomic mass is 9.45. The molecule has 0 aromatic heterocycles. The summed E-state index contributed by atoms with van der Waals surface area (Å²) < 4.78 is 11.4. The van der Waals surface area contributed by atoms with Crippen LogP contribution >= 0.6 is 0 Å². The second kappa shape index (κ2) is 11.9. The summed E-state index contributed by atoms with van der Waals surface area (Å²) >= 11 is 0. The first-order valence-corrected chi connectivity index (χ1v) is 16.4. The SMILES string of the molecule is C[C@H](C(O)CCC(C)(C)O)[C@H]1CC[C@@]2(O)C3=CC(=O)[C@@H]4C[C@@H](O[C@@H]5O[C@H](CO)[C@@H](O)[C@H](O)[C@H]5O)[C@@H](O)C[C@]4(C)[C@H]3CC[C@]12C. The Labute approximate surface area is 259 Å². The Morgan fingerprint density at radius 3 is 2.39 bits per heavy atom. The van der Waals surface area contributed by atoms with Crippen LogP contribution in [0.15, 0.2) is 11.6 Å². The number of aliphatic hydroxyl groups is 8. The highest BCUT2D eigenvalue weighted by atomic mass is 16.7. The second-order valence-corrected chi connectivity index (χ2v) is 15.7. The van der Waals surface area contributed by atoms with Gasteiger partial charge in [-0.25, -0.2) is 0 Å². The minimum atomic E-state index is -1.61. The van der Waals surface area contributed by atoms with Crippen LogP contribution in [0.4, 0.5) is 0 Å². The van der Waals surface area contributed by atoms with Crippen molar-refractivity contribution >= 4 is 5.78 Å². The highest BCUT2D eigenvalue weighted by Crippen LogP contribution is 2.68. The fourth-order valence-electron chi connectivity index (χ4n) is 9.77. The smallest absolute Gasteiger partial charge is 0.187 e. The van der Waals surface area contributed by atoms with E-state index in [0.717, 1.165) is 12.0 Å². The Balaban J connectivity index is 1.35. The van der Waals surface area contributed by atoms with Crippen LogP contribution in [0.25, 0.3) is 0 Å². The summed E-state index contributed by atoms with van der Waals surface area (Å²) in [6.45, 7) is 8.96. The van der Waals surface area contributed by atoms with Crippen LogP contribution in [0.2, 0.25) is 0 Å². The van der Waals surface area contributed by atoms with E-state index in [9.17, 15) is 45.6 Å². The molecule has 0 radical (unpaired) electrons. The van der Waals surface area contributed by atoms with E-state index in [0.29, 0.717) is 32.1 Å².